The van der Waals surface area contributed by atoms with E-state index in [0.717, 1.165) is 10.2 Å². The summed E-state index contributed by atoms with van der Waals surface area (Å²) in [6.07, 6.45) is 0. The fourth-order valence-electron chi connectivity index (χ4n) is 2.60. The molecule has 0 fully saturated rings. The molecule has 0 spiro atoms. The predicted octanol–water partition coefficient (Wildman–Crippen LogP) is 1.85. The van der Waals surface area contributed by atoms with Crippen molar-refractivity contribution in [3.05, 3.63) is 88.7 Å². The van der Waals surface area contributed by atoms with Crippen LogP contribution >= 0.6 is 0 Å². The van der Waals surface area contributed by atoms with Gasteiger partial charge in [-0.1, -0.05) is 60.7 Å². The Morgan fingerprint density at radius 2 is 1.59 bits per heavy atom. The van der Waals surface area contributed by atoms with Crippen molar-refractivity contribution < 1.29 is 14.7 Å². The summed E-state index contributed by atoms with van der Waals surface area (Å²) in [7, 11) is 0. The van der Waals surface area contributed by atoms with Crippen molar-refractivity contribution in [2.24, 2.45) is 0 Å². The summed E-state index contributed by atoms with van der Waals surface area (Å²) in [5.74, 6) is -1.81. The number of carbonyl (C=O) groups is 2. The second kappa shape index (κ2) is 8.09. The first kappa shape index (κ1) is 18.1. The summed E-state index contributed by atoms with van der Waals surface area (Å²) >= 11 is 0. The van der Waals surface area contributed by atoms with Crippen molar-refractivity contribution >= 4 is 11.9 Å². The van der Waals surface area contributed by atoms with Crippen molar-refractivity contribution in [2.45, 2.75) is 12.6 Å². The second-order valence-electron chi connectivity index (χ2n) is 5.83. The quantitative estimate of drug-likeness (QED) is 0.696. The van der Waals surface area contributed by atoms with Gasteiger partial charge in [0.15, 0.2) is 6.04 Å². The molecule has 0 aliphatic heterocycles. The molecule has 2 aromatic carbocycles. The van der Waals surface area contributed by atoms with E-state index in [1.807, 2.05) is 30.3 Å². The Morgan fingerprint density at radius 1 is 0.963 bits per heavy atom. The van der Waals surface area contributed by atoms with E-state index < -0.39 is 23.5 Å². The Morgan fingerprint density at radius 3 is 2.22 bits per heavy atom. The number of rotatable bonds is 6. The summed E-state index contributed by atoms with van der Waals surface area (Å²) in [5.41, 5.74) is 1.34. The van der Waals surface area contributed by atoms with E-state index in [4.69, 9.17) is 0 Å². The number of carboxylic acids is 1. The molecule has 0 saturated carbocycles. The predicted molar refractivity (Wildman–Crippen MR) is 98.9 cm³/mol. The largest absolute Gasteiger partial charge is 0.479 e. The highest BCUT2D eigenvalue weighted by Crippen LogP contribution is 2.14. The van der Waals surface area contributed by atoms with Gasteiger partial charge in [0, 0.05) is 11.6 Å². The smallest absolute Gasteiger partial charge is 0.330 e. The number of hydrogen-bond acceptors (Lipinski definition) is 4. The minimum atomic E-state index is -1.20. The summed E-state index contributed by atoms with van der Waals surface area (Å²) < 4.78 is 1.02. The summed E-state index contributed by atoms with van der Waals surface area (Å²) in [6.45, 7) is -0.379. The Kier molecular flexibility index (Phi) is 5.41. The molecule has 3 aromatic rings. The highest BCUT2D eigenvalue weighted by atomic mass is 16.4. The Hall–Kier alpha value is -3.74. The summed E-state index contributed by atoms with van der Waals surface area (Å²) in [6, 6.07) is 19.3. The van der Waals surface area contributed by atoms with Crippen LogP contribution in [0.25, 0.3) is 11.3 Å². The SMILES string of the molecule is O=C(Cn1nc(-c2ccccc2)ccc1=O)N[C@H](C(=O)O)c1ccccc1. The normalized spacial score (nSPS) is 11.6. The molecule has 136 valence electrons. The van der Waals surface area contributed by atoms with Crippen LogP contribution in [0, 0.1) is 0 Å². The second-order valence-corrected chi connectivity index (χ2v) is 5.83. The Balaban J connectivity index is 1.79. The van der Waals surface area contributed by atoms with Gasteiger partial charge >= 0.3 is 5.97 Å². The number of carbonyl (C=O) groups excluding carboxylic acids is 1. The Bertz CT molecular complexity index is 1000. The lowest BCUT2D eigenvalue weighted by Gasteiger charge is -2.15. The molecule has 0 aliphatic rings. The summed E-state index contributed by atoms with van der Waals surface area (Å²) in [4.78, 5) is 35.9. The van der Waals surface area contributed by atoms with Gasteiger partial charge in [0.25, 0.3) is 5.56 Å². The van der Waals surface area contributed by atoms with Crippen LogP contribution in [-0.4, -0.2) is 26.8 Å². The minimum Gasteiger partial charge on any atom is -0.479 e. The number of amides is 1. The van der Waals surface area contributed by atoms with Crippen LogP contribution in [0.3, 0.4) is 0 Å². The van der Waals surface area contributed by atoms with Crippen molar-refractivity contribution in [2.75, 3.05) is 0 Å². The van der Waals surface area contributed by atoms with E-state index >= 15 is 0 Å². The molecule has 27 heavy (non-hydrogen) atoms. The molecule has 1 aromatic heterocycles. The number of carboxylic acid groups (broad SMARTS) is 1. The number of nitrogens with one attached hydrogen (secondary N) is 1. The fourth-order valence-corrected chi connectivity index (χ4v) is 2.60. The lowest BCUT2D eigenvalue weighted by Crippen LogP contribution is -2.38. The van der Waals surface area contributed by atoms with Gasteiger partial charge in [-0.3, -0.25) is 9.59 Å². The van der Waals surface area contributed by atoms with Gasteiger partial charge in [0.05, 0.1) is 5.69 Å². The molecule has 0 aliphatic carbocycles. The van der Waals surface area contributed by atoms with E-state index in [2.05, 4.69) is 10.4 Å². The highest BCUT2D eigenvalue weighted by molar-refractivity contribution is 5.84. The molecule has 7 nitrogen and oxygen atoms in total. The third kappa shape index (κ3) is 4.46. The van der Waals surface area contributed by atoms with E-state index in [1.165, 1.54) is 6.07 Å². The van der Waals surface area contributed by atoms with E-state index in [1.54, 1.807) is 36.4 Å². The topological polar surface area (TPSA) is 101 Å². The molecule has 0 bridgehead atoms. The van der Waals surface area contributed by atoms with Gasteiger partial charge in [0.1, 0.15) is 6.54 Å². The monoisotopic (exact) mass is 363 g/mol. The van der Waals surface area contributed by atoms with Gasteiger partial charge in [-0.05, 0) is 11.6 Å². The maximum Gasteiger partial charge on any atom is 0.330 e. The summed E-state index contributed by atoms with van der Waals surface area (Å²) in [5, 5.41) is 16.0. The van der Waals surface area contributed by atoms with Crippen LogP contribution in [-0.2, 0) is 16.1 Å². The zero-order chi connectivity index (χ0) is 19.2. The molecule has 1 atom stereocenters. The van der Waals surface area contributed by atoms with Gasteiger partial charge in [0.2, 0.25) is 5.91 Å². The zero-order valence-electron chi connectivity index (χ0n) is 14.3. The third-order valence-electron chi connectivity index (χ3n) is 3.91. The lowest BCUT2D eigenvalue weighted by atomic mass is 10.1. The fraction of sp³-hybridized carbons (Fsp3) is 0.100. The molecule has 0 saturated heterocycles. The molecule has 0 radical (unpaired) electrons. The van der Waals surface area contributed by atoms with Gasteiger partial charge in [-0.2, -0.15) is 5.10 Å². The van der Waals surface area contributed by atoms with Crippen LogP contribution in [0.5, 0.6) is 0 Å². The molecular formula is C20H17N3O4. The third-order valence-corrected chi connectivity index (χ3v) is 3.91. The Labute approximate surface area is 154 Å². The average Bonchev–Trinajstić information content (AvgIpc) is 2.69. The number of nitrogens with zero attached hydrogens (tertiary/aromatic N) is 2. The molecule has 1 amide bonds. The van der Waals surface area contributed by atoms with Crippen molar-refractivity contribution in [3.8, 4) is 11.3 Å². The van der Waals surface area contributed by atoms with Crippen LogP contribution < -0.4 is 10.9 Å². The van der Waals surface area contributed by atoms with Gasteiger partial charge in [-0.25, -0.2) is 9.48 Å². The molecule has 0 unspecified atom stereocenters. The first-order chi connectivity index (χ1) is 13.0. The molecule has 1 heterocycles. The van der Waals surface area contributed by atoms with Crippen molar-refractivity contribution in [3.63, 3.8) is 0 Å². The molecule has 7 heteroatoms. The van der Waals surface area contributed by atoms with Crippen molar-refractivity contribution in [1.82, 2.24) is 15.1 Å². The lowest BCUT2D eigenvalue weighted by molar-refractivity contribution is -0.142. The standard InChI is InChI=1S/C20H17N3O4/c24-17(21-19(20(26)27)15-9-5-2-6-10-15)13-23-18(25)12-11-16(22-23)14-7-3-1-4-8-14/h1-12,19H,13H2,(H,21,24)(H,26,27)/t19-/m0/s1. The minimum absolute atomic E-state index is 0.379. The van der Waals surface area contributed by atoms with E-state index in [9.17, 15) is 19.5 Å². The first-order valence-corrected chi connectivity index (χ1v) is 8.25. The van der Waals surface area contributed by atoms with Gasteiger partial charge < -0.3 is 10.4 Å². The first-order valence-electron chi connectivity index (χ1n) is 8.25. The van der Waals surface area contributed by atoms with Crippen LogP contribution in [0.4, 0.5) is 0 Å². The van der Waals surface area contributed by atoms with Crippen LogP contribution in [0.15, 0.2) is 77.6 Å². The van der Waals surface area contributed by atoms with Gasteiger partial charge in [-0.15, -0.1) is 0 Å². The highest BCUT2D eigenvalue weighted by Gasteiger charge is 2.22. The van der Waals surface area contributed by atoms with Crippen LogP contribution in [0.2, 0.25) is 0 Å². The maximum atomic E-state index is 12.3. The molecule has 3 rings (SSSR count). The maximum absolute atomic E-state index is 12.3. The van der Waals surface area contributed by atoms with E-state index in [0.29, 0.717) is 11.3 Å². The number of benzene rings is 2. The number of aromatic nitrogens is 2. The molecule has 2 N–H and O–H groups in total. The van der Waals surface area contributed by atoms with E-state index in [-0.39, 0.29) is 6.54 Å². The van der Waals surface area contributed by atoms with Crippen LogP contribution in [0.1, 0.15) is 11.6 Å². The molecular weight excluding hydrogens is 346 g/mol. The zero-order valence-corrected chi connectivity index (χ0v) is 14.3. The number of hydrogen-bond donors (Lipinski definition) is 2. The number of aliphatic carboxylic acids is 1. The van der Waals surface area contributed by atoms with Crippen molar-refractivity contribution in [1.29, 1.82) is 0 Å². The average molecular weight is 363 g/mol.